The number of anilines is 1. The second-order valence-corrected chi connectivity index (χ2v) is 7.94. The molecule has 0 aliphatic carbocycles. The molecule has 1 atom stereocenters. The van der Waals surface area contributed by atoms with Crippen LogP contribution in [0.5, 0.6) is 5.75 Å². The Morgan fingerprint density at radius 3 is 2.80 bits per heavy atom. The van der Waals surface area contributed by atoms with E-state index in [1.807, 2.05) is 56.4 Å². The first-order valence-electron chi connectivity index (χ1n) is 10.3. The molecule has 2 heterocycles. The van der Waals surface area contributed by atoms with E-state index in [0.717, 1.165) is 33.5 Å². The van der Waals surface area contributed by atoms with Gasteiger partial charge in [0.15, 0.2) is 0 Å². The number of amides is 2. The molecule has 1 aliphatic heterocycles. The van der Waals surface area contributed by atoms with Crippen molar-refractivity contribution < 1.29 is 14.3 Å². The SMILES string of the molecule is COc1ccc2[nH]cc(CCNC(=O)[C@@H]3CC(=O)N(c4ccc(C)c(C)c4)C3)c2c1. The van der Waals surface area contributed by atoms with Crippen LogP contribution in [0.2, 0.25) is 0 Å². The lowest BCUT2D eigenvalue weighted by Crippen LogP contribution is -2.34. The highest BCUT2D eigenvalue weighted by molar-refractivity contribution is 6.00. The molecule has 0 bridgehead atoms. The summed E-state index contributed by atoms with van der Waals surface area (Å²) in [4.78, 5) is 30.1. The van der Waals surface area contributed by atoms with Gasteiger partial charge in [0.25, 0.3) is 0 Å². The highest BCUT2D eigenvalue weighted by Crippen LogP contribution is 2.27. The number of hydrogen-bond acceptors (Lipinski definition) is 3. The van der Waals surface area contributed by atoms with Gasteiger partial charge in [-0.05, 0) is 67.3 Å². The first-order valence-corrected chi connectivity index (χ1v) is 10.3. The Balaban J connectivity index is 1.36. The molecule has 3 aromatic rings. The van der Waals surface area contributed by atoms with Crippen LogP contribution in [-0.2, 0) is 16.0 Å². The smallest absolute Gasteiger partial charge is 0.227 e. The van der Waals surface area contributed by atoms with Gasteiger partial charge in [0.1, 0.15) is 5.75 Å². The minimum Gasteiger partial charge on any atom is -0.497 e. The minimum atomic E-state index is -0.317. The number of rotatable bonds is 6. The van der Waals surface area contributed by atoms with E-state index in [0.29, 0.717) is 19.5 Å². The molecule has 0 radical (unpaired) electrons. The number of nitrogens with zero attached hydrogens (tertiary/aromatic N) is 1. The molecule has 4 rings (SSSR count). The third-order valence-corrected chi connectivity index (χ3v) is 5.97. The van der Waals surface area contributed by atoms with Crippen LogP contribution in [0, 0.1) is 19.8 Å². The zero-order valence-corrected chi connectivity index (χ0v) is 17.6. The fourth-order valence-corrected chi connectivity index (χ4v) is 3.98. The molecule has 2 aromatic carbocycles. The zero-order valence-electron chi connectivity index (χ0n) is 17.6. The molecule has 0 unspecified atom stereocenters. The third kappa shape index (κ3) is 3.90. The lowest BCUT2D eigenvalue weighted by Gasteiger charge is -2.18. The van der Waals surface area contributed by atoms with Crippen LogP contribution in [-0.4, -0.2) is 37.0 Å². The van der Waals surface area contributed by atoms with E-state index in [-0.39, 0.29) is 24.2 Å². The maximum Gasteiger partial charge on any atom is 0.227 e. The fraction of sp³-hybridized carbons (Fsp3) is 0.333. The first-order chi connectivity index (χ1) is 14.5. The van der Waals surface area contributed by atoms with E-state index in [1.54, 1.807) is 12.0 Å². The van der Waals surface area contributed by atoms with Gasteiger partial charge in [0, 0.05) is 42.3 Å². The maximum atomic E-state index is 12.7. The van der Waals surface area contributed by atoms with Gasteiger partial charge in [-0.2, -0.15) is 0 Å². The van der Waals surface area contributed by atoms with Crippen molar-refractivity contribution in [3.05, 3.63) is 59.3 Å². The molecular formula is C24H27N3O3. The van der Waals surface area contributed by atoms with Crippen molar-refractivity contribution in [1.82, 2.24) is 10.3 Å². The zero-order chi connectivity index (χ0) is 21.3. The average Bonchev–Trinajstić information content (AvgIpc) is 3.33. The molecular weight excluding hydrogens is 378 g/mol. The summed E-state index contributed by atoms with van der Waals surface area (Å²) in [6.45, 7) is 5.03. The largest absolute Gasteiger partial charge is 0.497 e. The van der Waals surface area contributed by atoms with E-state index in [1.165, 1.54) is 5.56 Å². The molecule has 2 N–H and O–H groups in total. The van der Waals surface area contributed by atoms with E-state index in [9.17, 15) is 9.59 Å². The number of nitrogens with one attached hydrogen (secondary N) is 2. The minimum absolute atomic E-state index is 0.00197. The summed E-state index contributed by atoms with van der Waals surface area (Å²) in [6, 6.07) is 11.9. The molecule has 1 aromatic heterocycles. The monoisotopic (exact) mass is 405 g/mol. The van der Waals surface area contributed by atoms with Crippen LogP contribution in [0.3, 0.4) is 0 Å². The Morgan fingerprint density at radius 1 is 1.20 bits per heavy atom. The van der Waals surface area contributed by atoms with Crippen molar-refractivity contribution in [1.29, 1.82) is 0 Å². The summed E-state index contributed by atoms with van der Waals surface area (Å²) < 4.78 is 5.31. The molecule has 1 saturated heterocycles. The van der Waals surface area contributed by atoms with E-state index < -0.39 is 0 Å². The number of benzene rings is 2. The molecule has 0 spiro atoms. The van der Waals surface area contributed by atoms with Crippen molar-refractivity contribution in [3.8, 4) is 5.75 Å². The summed E-state index contributed by atoms with van der Waals surface area (Å²) >= 11 is 0. The Bertz CT molecular complexity index is 1100. The topological polar surface area (TPSA) is 74.4 Å². The van der Waals surface area contributed by atoms with Gasteiger partial charge in [-0.25, -0.2) is 0 Å². The van der Waals surface area contributed by atoms with Crippen LogP contribution in [0.4, 0.5) is 5.69 Å². The van der Waals surface area contributed by atoms with E-state index >= 15 is 0 Å². The van der Waals surface area contributed by atoms with Crippen molar-refractivity contribution in [3.63, 3.8) is 0 Å². The predicted molar refractivity (Wildman–Crippen MR) is 118 cm³/mol. The lowest BCUT2D eigenvalue weighted by molar-refractivity contribution is -0.126. The number of aryl methyl sites for hydroxylation is 2. The number of carbonyl (C=O) groups is 2. The number of fused-ring (bicyclic) bond motifs is 1. The quantitative estimate of drug-likeness (QED) is 0.659. The van der Waals surface area contributed by atoms with Gasteiger partial charge in [-0.3, -0.25) is 9.59 Å². The summed E-state index contributed by atoms with van der Waals surface area (Å²) in [6.07, 6.45) is 2.93. The summed E-state index contributed by atoms with van der Waals surface area (Å²) in [5, 5.41) is 4.10. The standard InChI is InChI=1S/C24H27N3O3/c1-15-4-5-19(10-16(15)2)27-14-18(11-23(27)28)24(29)25-9-8-17-13-26-22-7-6-20(30-3)12-21(17)22/h4-7,10,12-13,18,26H,8-9,11,14H2,1-3H3,(H,25,29)/t18-/m1/s1. The highest BCUT2D eigenvalue weighted by atomic mass is 16.5. The molecule has 30 heavy (non-hydrogen) atoms. The molecule has 1 aliphatic rings. The number of aromatic nitrogens is 1. The van der Waals surface area contributed by atoms with Gasteiger partial charge >= 0.3 is 0 Å². The van der Waals surface area contributed by atoms with Gasteiger partial charge < -0.3 is 19.9 Å². The van der Waals surface area contributed by atoms with Gasteiger partial charge in [0.2, 0.25) is 11.8 Å². The summed E-state index contributed by atoms with van der Waals surface area (Å²) in [7, 11) is 1.65. The summed E-state index contributed by atoms with van der Waals surface area (Å²) in [5.41, 5.74) is 5.37. The number of ether oxygens (including phenoxy) is 1. The van der Waals surface area contributed by atoms with Gasteiger partial charge in [0.05, 0.1) is 13.0 Å². The van der Waals surface area contributed by atoms with Crippen LogP contribution in [0.15, 0.2) is 42.6 Å². The molecule has 0 saturated carbocycles. The van der Waals surface area contributed by atoms with Crippen LogP contribution < -0.4 is 15.0 Å². The number of aromatic amines is 1. The van der Waals surface area contributed by atoms with Gasteiger partial charge in [-0.1, -0.05) is 6.07 Å². The van der Waals surface area contributed by atoms with Crippen molar-refractivity contribution in [2.45, 2.75) is 26.7 Å². The molecule has 1 fully saturated rings. The van der Waals surface area contributed by atoms with Gasteiger partial charge in [-0.15, -0.1) is 0 Å². The third-order valence-electron chi connectivity index (χ3n) is 5.97. The maximum absolute atomic E-state index is 12.7. The fourth-order valence-electron chi connectivity index (χ4n) is 3.98. The molecule has 6 heteroatoms. The van der Waals surface area contributed by atoms with Crippen molar-refractivity contribution >= 4 is 28.4 Å². The Morgan fingerprint density at radius 2 is 2.03 bits per heavy atom. The normalized spacial score (nSPS) is 16.3. The Hall–Kier alpha value is -3.28. The number of hydrogen-bond donors (Lipinski definition) is 2. The molecule has 6 nitrogen and oxygen atoms in total. The van der Waals surface area contributed by atoms with Crippen LogP contribution in [0.25, 0.3) is 10.9 Å². The number of H-pyrrole nitrogens is 1. The Labute approximate surface area is 176 Å². The molecule has 2 amide bonds. The van der Waals surface area contributed by atoms with E-state index in [2.05, 4.69) is 10.3 Å². The van der Waals surface area contributed by atoms with Crippen molar-refractivity contribution in [2.75, 3.05) is 25.1 Å². The highest BCUT2D eigenvalue weighted by Gasteiger charge is 2.35. The summed E-state index contributed by atoms with van der Waals surface area (Å²) in [5.74, 6) is 0.430. The first kappa shape index (κ1) is 20.0. The van der Waals surface area contributed by atoms with Crippen LogP contribution in [0.1, 0.15) is 23.1 Å². The second kappa shape index (κ2) is 8.22. The average molecular weight is 405 g/mol. The molecule has 156 valence electrons. The Kier molecular flexibility index (Phi) is 5.48. The van der Waals surface area contributed by atoms with Crippen molar-refractivity contribution in [2.24, 2.45) is 5.92 Å². The predicted octanol–water partition coefficient (Wildman–Crippen LogP) is 3.51. The number of carbonyl (C=O) groups excluding carboxylic acids is 2. The second-order valence-electron chi connectivity index (χ2n) is 7.94. The number of methoxy groups -OCH3 is 1. The lowest BCUT2D eigenvalue weighted by atomic mass is 10.1. The van der Waals surface area contributed by atoms with Crippen LogP contribution >= 0.6 is 0 Å². The van der Waals surface area contributed by atoms with E-state index in [4.69, 9.17) is 4.74 Å².